The van der Waals surface area contributed by atoms with Crippen LogP contribution in [0.3, 0.4) is 0 Å². The van der Waals surface area contributed by atoms with Gasteiger partial charge in [0.25, 0.3) is 5.91 Å². The third-order valence-corrected chi connectivity index (χ3v) is 4.08. The van der Waals surface area contributed by atoms with Crippen LogP contribution in [0.25, 0.3) is 22.2 Å². The number of hydrogen-bond donors (Lipinski definition) is 1. The van der Waals surface area contributed by atoms with Gasteiger partial charge in [-0.3, -0.25) is 4.79 Å². The Kier molecular flexibility index (Phi) is 5.41. The number of pyridine rings is 1. The van der Waals surface area contributed by atoms with Gasteiger partial charge in [0.15, 0.2) is 17.5 Å². The number of carbonyl (C=O) groups excluding carboxylic acids is 1. The molecule has 0 saturated heterocycles. The summed E-state index contributed by atoms with van der Waals surface area (Å²) in [6.07, 6.45) is 0. The molecule has 0 fully saturated rings. The Morgan fingerprint density at radius 3 is 2.41 bits per heavy atom. The van der Waals surface area contributed by atoms with Crippen LogP contribution >= 0.6 is 0 Å². The Morgan fingerprint density at radius 1 is 1.07 bits per heavy atom. The summed E-state index contributed by atoms with van der Waals surface area (Å²) in [4.78, 5) is 18.9. The number of carbonyl (C=O) groups is 1. The molecule has 4 nitrogen and oxygen atoms in total. The van der Waals surface area contributed by atoms with E-state index in [2.05, 4.69) is 10.3 Å². The maximum atomic E-state index is 13.6. The number of benzene rings is 2. The number of aromatic nitrogens is 1. The third kappa shape index (κ3) is 4.09. The van der Waals surface area contributed by atoms with Gasteiger partial charge in [-0.15, -0.1) is 0 Å². The Hall–Kier alpha value is -2.93. The number of halogens is 3. The Morgan fingerprint density at radius 2 is 1.74 bits per heavy atom. The molecule has 1 amide bonds. The first-order chi connectivity index (χ1) is 12.9. The van der Waals surface area contributed by atoms with Crippen LogP contribution in [0.2, 0.25) is 0 Å². The summed E-state index contributed by atoms with van der Waals surface area (Å²) in [6, 6.07) is 10.2. The molecule has 1 N–H and O–H groups in total. The van der Waals surface area contributed by atoms with E-state index in [0.29, 0.717) is 29.6 Å². The minimum absolute atomic E-state index is 0.0551. The zero-order chi connectivity index (χ0) is 19.6. The molecule has 0 bridgehead atoms. The molecule has 0 aliphatic carbocycles. The van der Waals surface area contributed by atoms with Crippen molar-refractivity contribution in [3.63, 3.8) is 0 Å². The van der Waals surface area contributed by atoms with Crippen LogP contribution in [0.15, 0.2) is 42.5 Å². The normalized spacial score (nSPS) is 11.2. The number of nitrogens with zero attached hydrogens (tertiary/aromatic N) is 2. The maximum absolute atomic E-state index is 13.6. The van der Waals surface area contributed by atoms with Gasteiger partial charge < -0.3 is 10.2 Å². The smallest absolute Gasteiger partial charge is 0.252 e. The van der Waals surface area contributed by atoms with Crippen molar-refractivity contribution in [1.29, 1.82) is 0 Å². The average Bonchev–Trinajstić information content (AvgIpc) is 2.64. The largest absolute Gasteiger partial charge is 0.351 e. The molecule has 0 saturated carbocycles. The highest BCUT2D eigenvalue weighted by Gasteiger charge is 2.17. The molecule has 0 radical (unpaired) electrons. The third-order valence-electron chi connectivity index (χ3n) is 4.08. The Labute approximate surface area is 154 Å². The second kappa shape index (κ2) is 7.75. The van der Waals surface area contributed by atoms with Crippen LogP contribution in [0.1, 0.15) is 10.4 Å². The minimum Gasteiger partial charge on any atom is -0.351 e. The number of hydrogen-bond acceptors (Lipinski definition) is 3. The molecule has 3 aromatic rings. The van der Waals surface area contributed by atoms with Crippen molar-refractivity contribution in [2.24, 2.45) is 0 Å². The molecule has 27 heavy (non-hydrogen) atoms. The standard InChI is InChI=1S/C20H18F3N3O/c1-26(2)8-7-24-20(27)14-11-18(25-17-6-4-3-5-13(14)17)12-9-15(21)19(23)16(22)10-12/h3-6,9-11H,7-8H2,1-2H3,(H,24,27). The van der Waals surface area contributed by atoms with E-state index >= 15 is 0 Å². The maximum Gasteiger partial charge on any atom is 0.252 e. The summed E-state index contributed by atoms with van der Waals surface area (Å²) in [5.74, 6) is -4.48. The van der Waals surface area contributed by atoms with Gasteiger partial charge in [0.1, 0.15) is 0 Å². The van der Waals surface area contributed by atoms with Crippen LogP contribution in [-0.4, -0.2) is 43.0 Å². The SMILES string of the molecule is CN(C)CCNC(=O)c1cc(-c2cc(F)c(F)c(F)c2)nc2ccccc12. The predicted octanol–water partition coefficient (Wildman–Crippen LogP) is 3.61. The van der Waals surface area contributed by atoms with Crippen LogP contribution in [0.5, 0.6) is 0 Å². The second-order valence-corrected chi connectivity index (χ2v) is 6.39. The van der Waals surface area contributed by atoms with Gasteiger partial charge in [-0.25, -0.2) is 18.2 Å². The van der Waals surface area contributed by atoms with E-state index in [1.807, 2.05) is 19.0 Å². The highest BCUT2D eigenvalue weighted by Crippen LogP contribution is 2.27. The van der Waals surface area contributed by atoms with E-state index in [-0.39, 0.29) is 17.2 Å². The van der Waals surface area contributed by atoms with Gasteiger partial charge in [-0.2, -0.15) is 0 Å². The molecule has 3 rings (SSSR count). The molecule has 0 aliphatic heterocycles. The van der Waals surface area contributed by atoms with Gasteiger partial charge in [0.05, 0.1) is 16.8 Å². The van der Waals surface area contributed by atoms with Gasteiger partial charge in [-0.1, -0.05) is 18.2 Å². The van der Waals surface area contributed by atoms with E-state index in [1.165, 1.54) is 6.07 Å². The summed E-state index contributed by atoms with van der Waals surface area (Å²) >= 11 is 0. The Balaban J connectivity index is 2.07. The average molecular weight is 373 g/mol. The number of likely N-dealkylation sites (N-methyl/N-ethyl adjacent to an activating group) is 1. The van der Waals surface area contributed by atoms with Crippen molar-refractivity contribution in [2.75, 3.05) is 27.2 Å². The first kappa shape index (κ1) is 18.8. The quantitative estimate of drug-likeness (QED) is 0.695. The minimum atomic E-state index is -1.54. The lowest BCUT2D eigenvalue weighted by atomic mass is 10.0. The van der Waals surface area contributed by atoms with Crippen LogP contribution in [-0.2, 0) is 0 Å². The molecule has 0 atom stereocenters. The summed E-state index contributed by atoms with van der Waals surface area (Å²) < 4.78 is 40.5. The predicted molar refractivity (Wildman–Crippen MR) is 97.9 cm³/mol. The molecular weight excluding hydrogens is 355 g/mol. The first-order valence-corrected chi connectivity index (χ1v) is 8.34. The molecule has 2 aromatic carbocycles. The van der Waals surface area contributed by atoms with Crippen LogP contribution < -0.4 is 5.32 Å². The number of fused-ring (bicyclic) bond motifs is 1. The molecule has 1 heterocycles. The van der Waals surface area contributed by atoms with E-state index in [0.717, 1.165) is 12.1 Å². The lowest BCUT2D eigenvalue weighted by Gasteiger charge is -2.13. The second-order valence-electron chi connectivity index (χ2n) is 6.39. The number of rotatable bonds is 5. The summed E-state index contributed by atoms with van der Waals surface area (Å²) in [6.45, 7) is 1.10. The summed E-state index contributed by atoms with van der Waals surface area (Å²) in [5.41, 5.74) is 1.07. The highest BCUT2D eigenvalue weighted by atomic mass is 19.2. The molecule has 0 spiro atoms. The summed E-state index contributed by atoms with van der Waals surface area (Å²) in [5, 5.41) is 3.43. The monoisotopic (exact) mass is 373 g/mol. The van der Waals surface area contributed by atoms with Gasteiger partial charge in [-0.05, 0) is 38.4 Å². The van der Waals surface area contributed by atoms with Crippen molar-refractivity contribution >= 4 is 16.8 Å². The van der Waals surface area contributed by atoms with Crippen molar-refractivity contribution in [2.45, 2.75) is 0 Å². The van der Waals surface area contributed by atoms with E-state index in [4.69, 9.17) is 0 Å². The molecule has 1 aromatic heterocycles. The zero-order valence-corrected chi connectivity index (χ0v) is 14.9. The van der Waals surface area contributed by atoms with Crippen LogP contribution in [0, 0.1) is 17.5 Å². The lowest BCUT2D eigenvalue weighted by Crippen LogP contribution is -2.31. The van der Waals surface area contributed by atoms with Crippen molar-refractivity contribution < 1.29 is 18.0 Å². The fourth-order valence-corrected chi connectivity index (χ4v) is 2.70. The number of nitrogens with one attached hydrogen (secondary N) is 1. The molecular formula is C20H18F3N3O. The highest BCUT2D eigenvalue weighted by molar-refractivity contribution is 6.07. The fraction of sp³-hybridized carbons (Fsp3) is 0.200. The summed E-state index contributed by atoms with van der Waals surface area (Å²) in [7, 11) is 3.79. The van der Waals surface area contributed by atoms with Crippen LogP contribution in [0.4, 0.5) is 13.2 Å². The number of amides is 1. The Bertz CT molecular complexity index is 982. The van der Waals surface area contributed by atoms with Crippen molar-refractivity contribution in [1.82, 2.24) is 15.2 Å². The molecule has 7 heteroatoms. The van der Waals surface area contributed by atoms with E-state index in [9.17, 15) is 18.0 Å². The van der Waals surface area contributed by atoms with Gasteiger partial charge >= 0.3 is 0 Å². The van der Waals surface area contributed by atoms with Gasteiger partial charge in [0.2, 0.25) is 0 Å². The molecule has 140 valence electrons. The number of para-hydroxylation sites is 1. The van der Waals surface area contributed by atoms with Gasteiger partial charge in [0, 0.05) is 24.0 Å². The first-order valence-electron chi connectivity index (χ1n) is 8.34. The van der Waals surface area contributed by atoms with E-state index < -0.39 is 17.5 Å². The molecule has 0 aliphatic rings. The fourth-order valence-electron chi connectivity index (χ4n) is 2.70. The zero-order valence-electron chi connectivity index (χ0n) is 14.9. The molecule has 0 unspecified atom stereocenters. The van der Waals surface area contributed by atoms with Crippen molar-refractivity contribution in [3.8, 4) is 11.3 Å². The van der Waals surface area contributed by atoms with E-state index in [1.54, 1.807) is 24.3 Å². The topological polar surface area (TPSA) is 45.2 Å². The lowest BCUT2D eigenvalue weighted by molar-refractivity contribution is 0.0952. The van der Waals surface area contributed by atoms with Crippen molar-refractivity contribution in [3.05, 3.63) is 65.5 Å².